The minimum absolute atomic E-state index is 0.610. The van der Waals surface area contributed by atoms with Gasteiger partial charge in [-0.1, -0.05) is 38.0 Å². The van der Waals surface area contributed by atoms with E-state index in [1.54, 1.807) is 0 Å². The molecule has 0 saturated carbocycles. The summed E-state index contributed by atoms with van der Waals surface area (Å²) in [6, 6.07) is 9.33. The van der Waals surface area contributed by atoms with Crippen molar-refractivity contribution in [2.45, 2.75) is 45.1 Å². The van der Waals surface area contributed by atoms with Gasteiger partial charge < -0.3 is 5.32 Å². The highest BCUT2D eigenvalue weighted by molar-refractivity contribution is 5.58. The first-order valence-corrected chi connectivity index (χ1v) is 5.68. The normalized spacial score (nSPS) is 24.4. The molecule has 2 atom stereocenters. The highest BCUT2D eigenvalue weighted by atomic mass is 15.0. The summed E-state index contributed by atoms with van der Waals surface area (Å²) < 4.78 is 0. The number of hydrogen-bond donors (Lipinski definition) is 1. The summed E-state index contributed by atoms with van der Waals surface area (Å²) in [6.07, 6.45) is 3.96. The van der Waals surface area contributed by atoms with E-state index < -0.39 is 0 Å². The van der Waals surface area contributed by atoms with Gasteiger partial charge in [0.25, 0.3) is 0 Å². The number of hydrogen-bond acceptors (Lipinski definition) is 1. The topological polar surface area (TPSA) is 12.0 Å². The van der Waals surface area contributed by atoms with Gasteiger partial charge in [0.05, 0.1) is 0 Å². The van der Waals surface area contributed by atoms with Crippen LogP contribution in [0.4, 0.5) is 5.69 Å². The van der Waals surface area contributed by atoms with E-state index in [9.17, 15) is 0 Å². The monoisotopic (exact) mass is 189 g/mol. The van der Waals surface area contributed by atoms with Crippen LogP contribution in [0.2, 0.25) is 0 Å². The first-order chi connectivity index (χ1) is 6.83. The highest BCUT2D eigenvalue weighted by Crippen LogP contribution is 2.38. The molecule has 0 aliphatic carbocycles. The summed E-state index contributed by atoms with van der Waals surface area (Å²) in [5.41, 5.74) is 2.87. The van der Waals surface area contributed by atoms with Crippen molar-refractivity contribution in [1.82, 2.24) is 0 Å². The first kappa shape index (κ1) is 9.57. The van der Waals surface area contributed by atoms with Gasteiger partial charge in [-0.05, 0) is 25.0 Å². The van der Waals surface area contributed by atoms with Gasteiger partial charge in [0, 0.05) is 17.6 Å². The fraction of sp³-hybridized carbons (Fsp3) is 0.538. The van der Waals surface area contributed by atoms with Crippen LogP contribution in [0, 0.1) is 0 Å². The average Bonchev–Trinajstić information content (AvgIpc) is 2.51. The van der Waals surface area contributed by atoms with Crippen LogP contribution >= 0.6 is 0 Å². The second-order valence-electron chi connectivity index (χ2n) is 4.27. The quantitative estimate of drug-likeness (QED) is 0.763. The lowest BCUT2D eigenvalue weighted by molar-refractivity contribution is 0.552. The molecule has 1 aromatic rings. The molecule has 1 heterocycles. The van der Waals surface area contributed by atoms with Gasteiger partial charge in [-0.3, -0.25) is 0 Å². The van der Waals surface area contributed by atoms with Crippen molar-refractivity contribution >= 4 is 5.69 Å². The molecule has 1 nitrogen and oxygen atoms in total. The van der Waals surface area contributed by atoms with E-state index in [1.165, 1.54) is 30.5 Å². The first-order valence-electron chi connectivity index (χ1n) is 5.68. The van der Waals surface area contributed by atoms with Crippen molar-refractivity contribution in [2.75, 3.05) is 5.32 Å². The molecule has 14 heavy (non-hydrogen) atoms. The van der Waals surface area contributed by atoms with E-state index in [2.05, 4.69) is 43.4 Å². The third kappa shape index (κ3) is 1.63. The van der Waals surface area contributed by atoms with Crippen LogP contribution in [0.1, 0.15) is 44.6 Å². The van der Waals surface area contributed by atoms with Crippen LogP contribution in [0.15, 0.2) is 24.3 Å². The molecule has 0 amide bonds. The number of fused-ring (bicyclic) bond motifs is 1. The van der Waals surface area contributed by atoms with Crippen molar-refractivity contribution in [3.63, 3.8) is 0 Å². The van der Waals surface area contributed by atoms with Crippen LogP contribution in [0.3, 0.4) is 0 Å². The van der Waals surface area contributed by atoms with Crippen molar-refractivity contribution in [3.05, 3.63) is 29.8 Å². The maximum absolute atomic E-state index is 3.56. The molecule has 1 aliphatic rings. The summed E-state index contributed by atoms with van der Waals surface area (Å²) in [6.45, 7) is 4.55. The zero-order valence-corrected chi connectivity index (χ0v) is 9.09. The number of unbranched alkanes of at least 4 members (excludes halogenated alkanes) is 1. The average molecular weight is 189 g/mol. The lowest BCUT2D eigenvalue weighted by Crippen LogP contribution is -2.15. The summed E-state index contributed by atoms with van der Waals surface area (Å²) in [5, 5.41) is 3.56. The molecular formula is C13H19N. The largest absolute Gasteiger partial charge is 0.382 e. The predicted octanol–water partition coefficient (Wildman–Crippen LogP) is 3.77. The Labute approximate surface area is 86.5 Å². The SMILES string of the molecule is CCCC[C@H]1c2ccccc2N[C@H]1C. The second-order valence-corrected chi connectivity index (χ2v) is 4.27. The molecule has 2 rings (SSSR count). The maximum Gasteiger partial charge on any atom is 0.0378 e. The van der Waals surface area contributed by atoms with Crippen LogP contribution in [0.5, 0.6) is 0 Å². The molecular weight excluding hydrogens is 170 g/mol. The maximum atomic E-state index is 3.56. The second kappa shape index (κ2) is 4.04. The summed E-state index contributed by atoms with van der Waals surface area (Å²) >= 11 is 0. The van der Waals surface area contributed by atoms with Crippen LogP contribution in [-0.2, 0) is 0 Å². The number of anilines is 1. The summed E-state index contributed by atoms with van der Waals surface area (Å²) in [4.78, 5) is 0. The molecule has 1 heteroatoms. The third-order valence-corrected chi connectivity index (χ3v) is 3.22. The minimum atomic E-state index is 0.610. The van der Waals surface area contributed by atoms with E-state index in [0.717, 1.165) is 5.92 Å². The molecule has 0 spiro atoms. The Morgan fingerprint density at radius 2 is 2.07 bits per heavy atom. The van der Waals surface area contributed by atoms with Crippen molar-refractivity contribution in [1.29, 1.82) is 0 Å². The van der Waals surface area contributed by atoms with E-state index in [-0.39, 0.29) is 0 Å². The van der Waals surface area contributed by atoms with Gasteiger partial charge in [0.15, 0.2) is 0 Å². The Kier molecular flexibility index (Phi) is 2.76. The van der Waals surface area contributed by atoms with Crippen molar-refractivity contribution in [3.8, 4) is 0 Å². The number of para-hydroxylation sites is 1. The van der Waals surface area contributed by atoms with Gasteiger partial charge >= 0.3 is 0 Å². The molecule has 1 aromatic carbocycles. The Hall–Kier alpha value is -0.980. The molecule has 0 fully saturated rings. The van der Waals surface area contributed by atoms with Gasteiger partial charge in [-0.2, -0.15) is 0 Å². The van der Waals surface area contributed by atoms with Crippen LogP contribution in [0.25, 0.3) is 0 Å². The van der Waals surface area contributed by atoms with Gasteiger partial charge in [-0.15, -0.1) is 0 Å². The molecule has 0 unspecified atom stereocenters. The molecule has 0 bridgehead atoms. The molecule has 0 aromatic heterocycles. The fourth-order valence-corrected chi connectivity index (χ4v) is 2.40. The fourth-order valence-electron chi connectivity index (χ4n) is 2.40. The molecule has 76 valence electrons. The van der Waals surface area contributed by atoms with Crippen molar-refractivity contribution in [2.24, 2.45) is 0 Å². The smallest absolute Gasteiger partial charge is 0.0378 e. The Morgan fingerprint density at radius 3 is 2.86 bits per heavy atom. The predicted molar refractivity (Wildman–Crippen MR) is 61.8 cm³/mol. The van der Waals surface area contributed by atoms with Crippen LogP contribution in [-0.4, -0.2) is 6.04 Å². The third-order valence-electron chi connectivity index (χ3n) is 3.22. The molecule has 0 saturated heterocycles. The molecule has 0 radical (unpaired) electrons. The number of rotatable bonds is 3. The van der Waals surface area contributed by atoms with Crippen LogP contribution < -0.4 is 5.32 Å². The van der Waals surface area contributed by atoms with E-state index in [4.69, 9.17) is 0 Å². The zero-order chi connectivity index (χ0) is 9.97. The number of nitrogens with one attached hydrogen (secondary N) is 1. The summed E-state index contributed by atoms with van der Waals surface area (Å²) in [5.74, 6) is 0.728. The Bertz CT molecular complexity index is 306. The van der Waals surface area contributed by atoms with Crippen molar-refractivity contribution < 1.29 is 0 Å². The van der Waals surface area contributed by atoms with Gasteiger partial charge in [-0.25, -0.2) is 0 Å². The zero-order valence-electron chi connectivity index (χ0n) is 9.09. The Morgan fingerprint density at radius 1 is 1.29 bits per heavy atom. The van der Waals surface area contributed by atoms with E-state index in [0.29, 0.717) is 6.04 Å². The highest BCUT2D eigenvalue weighted by Gasteiger charge is 2.27. The van der Waals surface area contributed by atoms with E-state index in [1.807, 2.05) is 0 Å². The van der Waals surface area contributed by atoms with E-state index >= 15 is 0 Å². The number of benzene rings is 1. The molecule has 1 aliphatic heterocycles. The van der Waals surface area contributed by atoms with Gasteiger partial charge in [0.1, 0.15) is 0 Å². The summed E-state index contributed by atoms with van der Waals surface area (Å²) in [7, 11) is 0. The standard InChI is InChI=1S/C13H19N/c1-3-4-7-11-10(2)14-13-9-6-5-8-12(11)13/h5-6,8-11,14H,3-4,7H2,1-2H3/t10-,11+/m0/s1. The molecule has 1 N–H and O–H groups in total. The lowest BCUT2D eigenvalue weighted by atomic mass is 9.91. The lowest BCUT2D eigenvalue weighted by Gasteiger charge is -2.15. The Balaban J connectivity index is 2.17. The van der Waals surface area contributed by atoms with Gasteiger partial charge in [0.2, 0.25) is 0 Å². The minimum Gasteiger partial charge on any atom is -0.382 e.